The first-order valence-corrected chi connectivity index (χ1v) is 11.6. The van der Waals surface area contributed by atoms with E-state index in [4.69, 9.17) is 0 Å². The Kier molecular flexibility index (Phi) is 6.72. The fourth-order valence-corrected chi connectivity index (χ4v) is 5.05. The Bertz CT molecular complexity index is 1010. The van der Waals surface area contributed by atoms with Crippen LogP contribution >= 0.6 is 0 Å². The van der Waals surface area contributed by atoms with Gasteiger partial charge in [-0.2, -0.15) is 0 Å². The van der Waals surface area contributed by atoms with Crippen LogP contribution in [-0.4, -0.2) is 60.4 Å². The number of benzene rings is 2. The quantitative estimate of drug-likeness (QED) is 0.676. The van der Waals surface area contributed by atoms with Crippen LogP contribution in [0.25, 0.3) is 0 Å². The van der Waals surface area contributed by atoms with Gasteiger partial charge in [0.1, 0.15) is 0 Å². The van der Waals surface area contributed by atoms with Crippen LogP contribution in [0.4, 0.5) is 0 Å². The van der Waals surface area contributed by atoms with E-state index in [0.29, 0.717) is 56.3 Å². The molecule has 0 fully saturated rings. The molecule has 2 aromatic rings. The largest absolute Gasteiger partial charge is 0.345 e. The molecule has 2 amide bonds. The second-order valence-corrected chi connectivity index (χ2v) is 9.08. The molecule has 4 rings (SSSR count). The third-order valence-electron chi connectivity index (χ3n) is 6.93. The van der Waals surface area contributed by atoms with Crippen LogP contribution in [0.5, 0.6) is 0 Å². The number of Topliss-reactive ketones (excluding diaryl/α,β-unsaturated/α-hetero) is 2. The number of carbonyl (C=O) groups excluding carboxylic acids is 4. The second kappa shape index (κ2) is 9.69. The lowest BCUT2D eigenvalue weighted by Gasteiger charge is -2.30. The first-order valence-electron chi connectivity index (χ1n) is 11.6. The summed E-state index contributed by atoms with van der Waals surface area (Å²) in [5, 5.41) is 0. The van der Waals surface area contributed by atoms with Crippen molar-refractivity contribution in [2.24, 2.45) is 0 Å². The van der Waals surface area contributed by atoms with E-state index in [1.54, 1.807) is 36.0 Å². The molecule has 2 atom stereocenters. The van der Waals surface area contributed by atoms with Crippen LogP contribution in [-0.2, 0) is 9.59 Å². The summed E-state index contributed by atoms with van der Waals surface area (Å²) in [6, 6.07) is 14.8. The molecule has 33 heavy (non-hydrogen) atoms. The van der Waals surface area contributed by atoms with Gasteiger partial charge in [0.25, 0.3) is 0 Å². The average Bonchev–Trinajstić information content (AvgIpc) is 2.84. The number of nitrogens with zero attached hydrogens (tertiary/aromatic N) is 2. The molecule has 0 bridgehead atoms. The van der Waals surface area contributed by atoms with Crippen LogP contribution < -0.4 is 0 Å². The van der Waals surface area contributed by atoms with Crippen molar-refractivity contribution in [3.63, 3.8) is 0 Å². The lowest BCUT2D eigenvalue weighted by atomic mass is 9.81. The number of amides is 2. The van der Waals surface area contributed by atoms with Crippen LogP contribution in [0.2, 0.25) is 0 Å². The van der Waals surface area contributed by atoms with Crippen molar-refractivity contribution >= 4 is 23.4 Å². The zero-order chi connectivity index (χ0) is 23.5. The fourth-order valence-electron chi connectivity index (χ4n) is 5.05. The van der Waals surface area contributed by atoms with Crippen LogP contribution in [0.15, 0.2) is 48.5 Å². The monoisotopic (exact) mass is 446 g/mol. The highest BCUT2D eigenvalue weighted by Crippen LogP contribution is 2.34. The van der Waals surface area contributed by atoms with Gasteiger partial charge < -0.3 is 9.80 Å². The van der Waals surface area contributed by atoms with E-state index in [9.17, 15) is 19.2 Å². The summed E-state index contributed by atoms with van der Waals surface area (Å²) in [5.41, 5.74) is 2.96. The number of hydrogen-bond donors (Lipinski definition) is 0. The van der Waals surface area contributed by atoms with Crippen molar-refractivity contribution < 1.29 is 19.2 Å². The van der Waals surface area contributed by atoms with Gasteiger partial charge in [-0.3, -0.25) is 19.2 Å². The van der Waals surface area contributed by atoms with E-state index in [1.165, 1.54) is 0 Å². The molecule has 0 radical (unpaired) electrons. The first kappa shape index (κ1) is 22.9. The number of fused-ring (bicyclic) bond motifs is 2. The predicted molar refractivity (Wildman–Crippen MR) is 125 cm³/mol. The molecule has 0 aromatic heterocycles. The van der Waals surface area contributed by atoms with Crippen molar-refractivity contribution in [3.05, 3.63) is 70.8 Å². The molecular weight excluding hydrogens is 416 g/mol. The Morgan fingerprint density at radius 1 is 0.727 bits per heavy atom. The minimum absolute atomic E-state index is 0.0173. The second-order valence-electron chi connectivity index (χ2n) is 9.08. The molecule has 172 valence electrons. The SMILES string of the molecule is CN(CCCN(C)C(=O)C1CCC(=O)c2ccccc21)C(=O)C1CCC(=O)c2ccccc21. The van der Waals surface area contributed by atoms with Crippen LogP contribution in [0, 0.1) is 0 Å². The molecule has 2 aliphatic rings. The van der Waals surface area contributed by atoms with Gasteiger partial charge >= 0.3 is 0 Å². The molecule has 0 heterocycles. The van der Waals surface area contributed by atoms with Gasteiger partial charge in [0.15, 0.2) is 11.6 Å². The molecule has 0 saturated heterocycles. The summed E-state index contributed by atoms with van der Waals surface area (Å²) in [4.78, 5) is 54.0. The highest BCUT2D eigenvalue weighted by Gasteiger charge is 2.33. The van der Waals surface area contributed by atoms with Crippen LogP contribution in [0.1, 0.15) is 75.8 Å². The number of rotatable bonds is 6. The van der Waals surface area contributed by atoms with Crippen molar-refractivity contribution in [2.75, 3.05) is 27.2 Å². The van der Waals surface area contributed by atoms with Crippen molar-refractivity contribution in [3.8, 4) is 0 Å². The molecule has 2 aromatic carbocycles. The smallest absolute Gasteiger partial charge is 0.229 e. The molecule has 0 spiro atoms. The molecule has 0 aliphatic heterocycles. The Hall–Kier alpha value is -3.28. The fraction of sp³-hybridized carbons (Fsp3) is 0.407. The van der Waals surface area contributed by atoms with Gasteiger partial charge in [0, 0.05) is 51.2 Å². The molecule has 2 unspecified atom stereocenters. The Morgan fingerprint density at radius 2 is 1.12 bits per heavy atom. The van der Waals surface area contributed by atoms with E-state index in [1.807, 2.05) is 36.4 Å². The maximum absolute atomic E-state index is 13.1. The maximum atomic E-state index is 13.1. The predicted octanol–water partition coefficient (Wildman–Crippen LogP) is 3.81. The third kappa shape index (κ3) is 4.61. The first-order chi connectivity index (χ1) is 15.9. The number of hydrogen-bond acceptors (Lipinski definition) is 4. The molecule has 2 aliphatic carbocycles. The van der Waals surface area contributed by atoms with Gasteiger partial charge in [0.2, 0.25) is 11.8 Å². The summed E-state index contributed by atoms with van der Waals surface area (Å²) in [6.45, 7) is 1.06. The molecule has 6 heteroatoms. The van der Waals surface area contributed by atoms with Crippen molar-refractivity contribution in [2.45, 2.75) is 43.9 Å². The number of carbonyl (C=O) groups is 4. The van der Waals surface area contributed by atoms with Gasteiger partial charge in [0.05, 0.1) is 11.8 Å². The Labute approximate surface area is 194 Å². The highest BCUT2D eigenvalue weighted by atomic mass is 16.2. The van der Waals surface area contributed by atoms with E-state index in [2.05, 4.69) is 0 Å². The molecule has 0 saturated carbocycles. The van der Waals surface area contributed by atoms with Gasteiger partial charge in [-0.25, -0.2) is 0 Å². The van der Waals surface area contributed by atoms with E-state index < -0.39 is 0 Å². The summed E-state index contributed by atoms with van der Waals surface area (Å²) >= 11 is 0. The van der Waals surface area contributed by atoms with Crippen LogP contribution in [0.3, 0.4) is 0 Å². The summed E-state index contributed by atoms with van der Waals surface area (Å²) in [5.74, 6) is -0.349. The highest BCUT2D eigenvalue weighted by molar-refractivity contribution is 6.02. The summed E-state index contributed by atoms with van der Waals surface area (Å²) in [7, 11) is 3.57. The minimum Gasteiger partial charge on any atom is -0.345 e. The van der Waals surface area contributed by atoms with E-state index >= 15 is 0 Å². The summed E-state index contributed by atoms with van der Waals surface area (Å²) < 4.78 is 0. The average molecular weight is 447 g/mol. The normalized spacial score (nSPS) is 19.5. The van der Waals surface area contributed by atoms with Crippen molar-refractivity contribution in [1.29, 1.82) is 0 Å². The maximum Gasteiger partial charge on any atom is 0.229 e. The molecular formula is C27H30N2O4. The third-order valence-corrected chi connectivity index (χ3v) is 6.93. The lowest BCUT2D eigenvalue weighted by Crippen LogP contribution is -2.38. The number of likely N-dealkylation sites (N-methyl/N-ethyl adjacent to an activating group) is 2. The van der Waals surface area contributed by atoms with Gasteiger partial charge in [-0.05, 0) is 30.4 Å². The van der Waals surface area contributed by atoms with E-state index in [0.717, 1.165) is 11.1 Å². The van der Waals surface area contributed by atoms with Gasteiger partial charge in [-0.1, -0.05) is 48.5 Å². The molecule has 0 N–H and O–H groups in total. The standard InChI is InChI=1S/C27H30N2O4/c1-28(26(32)22-12-14-24(30)20-10-5-3-8-18(20)22)16-7-17-29(2)27(33)23-13-15-25(31)21-11-6-4-9-19(21)23/h3-6,8-11,22-23H,7,12-17H2,1-2H3. The van der Waals surface area contributed by atoms with Gasteiger partial charge in [-0.15, -0.1) is 0 Å². The zero-order valence-electron chi connectivity index (χ0n) is 19.3. The topological polar surface area (TPSA) is 74.8 Å². The Balaban J connectivity index is 1.33. The zero-order valence-corrected chi connectivity index (χ0v) is 19.3. The molecule has 6 nitrogen and oxygen atoms in total. The summed E-state index contributed by atoms with van der Waals surface area (Å²) in [6.07, 6.45) is 2.52. The van der Waals surface area contributed by atoms with E-state index in [-0.39, 0.29) is 35.2 Å². The van der Waals surface area contributed by atoms with Crippen molar-refractivity contribution in [1.82, 2.24) is 9.80 Å². The Morgan fingerprint density at radius 3 is 1.55 bits per heavy atom. The lowest BCUT2D eigenvalue weighted by molar-refractivity contribution is -0.132. The number of ketones is 2. The minimum atomic E-state index is -0.292.